The third-order valence-corrected chi connectivity index (χ3v) is 3.87. The standard InChI is InChI=1S/C14H18N2O3/c1-15-8-13-12-5-3-9-7-10(18-2)4-6-11(9)16(12)14(17)19-13/h4,6-7,12-13,15H,3,5,8H2,1-2H3/t12-,13-/m0/s1. The Hall–Kier alpha value is -1.75. The minimum absolute atomic E-state index is 0.0623. The molecule has 5 nitrogen and oxygen atoms in total. The van der Waals surface area contributed by atoms with Gasteiger partial charge < -0.3 is 14.8 Å². The molecule has 3 rings (SSSR count). The highest BCUT2D eigenvalue weighted by Gasteiger charge is 2.44. The highest BCUT2D eigenvalue weighted by Crippen LogP contribution is 2.38. The molecule has 0 aromatic heterocycles. The third kappa shape index (κ3) is 1.94. The summed E-state index contributed by atoms with van der Waals surface area (Å²) in [5.41, 5.74) is 2.11. The average molecular weight is 262 g/mol. The van der Waals surface area contributed by atoms with Gasteiger partial charge in [0.25, 0.3) is 0 Å². The van der Waals surface area contributed by atoms with Crippen LogP contribution in [0.4, 0.5) is 10.5 Å². The number of benzene rings is 1. The summed E-state index contributed by atoms with van der Waals surface area (Å²) < 4.78 is 10.7. The molecule has 0 aliphatic carbocycles. The van der Waals surface area contributed by atoms with E-state index in [0.29, 0.717) is 6.54 Å². The van der Waals surface area contributed by atoms with Gasteiger partial charge in [-0.15, -0.1) is 0 Å². The summed E-state index contributed by atoms with van der Waals surface area (Å²) >= 11 is 0. The average Bonchev–Trinajstić information content (AvgIpc) is 2.75. The van der Waals surface area contributed by atoms with Crippen molar-refractivity contribution >= 4 is 11.8 Å². The van der Waals surface area contributed by atoms with E-state index in [1.807, 2.05) is 25.2 Å². The molecule has 5 heteroatoms. The van der Waals surface area contributed by atoms with Crippen molar-refractivity contribution in [3.63, 3.8) is 0 Å². The lowest BCUT2D eigenvalue weighted by Gasteiger charge is -2.31. The lowest BCUT2D eigenvalue weighted by atomic mass is 9.93. The van der Waals surface area contributed by atoms with Crippen molar-refractivity contribution in [3.8, 4) is 5.75 Å². The number of aryl methyl sites for hydroxylation is 1. The van der Waals surface area contributed by atoms with Gasteiger partial charge in [-0.1, -0.05) is 0 Å². The normalized spacial score (nSPS) is 24.7. The lowest BCUT2D eigenvalue weighted by Crippen LogP contribution is -2.43. The van der Waals surface area contributed by atoms with Crippen LogP contribution in [0.1, 0.15) is 12.0 Å². The van der Waals surface area contributed by atoms with Crippen LogP contribution in [0.15, 0.2) is 18.2 Å². The van der Waals surface area contributed by atoms with E-state index in [-0.39, 0.29) is 18.2 Å². The summed E-state index contributed by atoms with van der Waals surface area (Å²) in [4.78, 5) is 13.8. The van der Waals surface area contributed by atoms with Gasteiger partial charge in [0.15, 0.2) is 0 Å². The van der Waals surface area contributed by atoms with Crippen molar-refractivity contribution < 1.29 is 14.3 Å². The van der Waals surface area contributed by atoms with Gasteiger partial charge >= 0.3 is 6.09 Å². The van der Waals surface area contributed by atoms with Crippen LogP contribution < -0.4 is 15.0 Å². The van der Waals surface area contributed by atoms with E-state index in [0.717, 1.165) is 29.8 Å². The Kier molecular flexibility index (Phi) is 3.06. The van der Waals surface area contributed by atoms with Crippen LogP contribution in [0.25, 0.3) is 0 Å². The van der Waals surface area contributed by atoms with Crippen LogP contribution in [0, 0.1) is 0 Å². The maximum atomic E-state index is 12.1. The zero-order valence-corrected chi connectivity index (χ0v) is 11.2. The molecule has 0 spiro atoms. The Balaban J connectivity index is 1.94. The second kappa shape index (κ2) is 4.74. The predicted molar refractivity (Wildman–Crippen MR) is 71.8 cm³/mol. The highest BCUT2D eigenvalue weighted by molar-refractivity contribution is 5.92. The maximum absolute atomic E-state index is 12.1. The molecule has 2 aliphatic rings. The van der Waals surface area contributed by atoms with E-state index in [1.54, 1.807) is 12.0 Å². The Morgan fingerprint density at radius 1 is 1.53 bits per heavy atom. The molecular formula is C14H18N2O3. The number of likely N-dealkylation sites (N-methyl/N-ethyl adjacent to an activating group) is 1. The molecule has 1 aromatic carbocycles. The van der Waals surface area contributed by atoms with Crippen molar-refractivity contribution in [2.75, 3.05) is 25.6 Å². The van der Waals surface area contributed by atoms with Gasteiger partial charge in [0.2, 0.25) is 0 Å². The van der Waals surface area contributed by atoms with E-state index >= 15 is 0 Å². The van der Waals surface area contributed by atoms with Crippen molar-refractivity contribution in [3.05, 3.63) is 23.8 Å². The number of ether oxygens (including phenoxy) is 2. The van der Waals surface area contributed by atoms with E-state index < -0.39 is 0 Å². The molecule has 1 amide bonds. The van der Waals surface area contributed by atoms with Gasteiger partial charge in [0, 0.05) is 6.54 Å². The first-order valence-corrected chi connectivity index (χ1v) is 6.56. The van der Waals surface area contributed by atoms with E-state index in [4.69, 9.17) is 9.47 Å². The Bertz CT molecular complexity index is 503. The molecule has 1 fully saturated rings. The zero-order valence-electron chi connectivity index (χ0n) is 11.2. The second-order valence-corrected chi connectivity index (χ2v) is 4.95. The van der Waals surface area contributed by atoms with Crippen molar-refractivity contribution in [1.29, 1.82) is 0 Å². The first-order chi connectivity index (χ1) is 9.24. The van der Waals surface area contributed by atoms with Crippen LogP contribution in [0.2, 0.25) is 0 Å². The van der Waals surface area contributed by atoms with E-state index in [1.165, 1.54) is 0 Å². The number of hydrogen-bond acceptors (Lipinski definition) is 4. The molecule has 0 unspecified atom stereocenters. The summed E-state index contributed by atoms with van der Waals surface area (Å²) in [5.74, 6) is 0.830. The number of nitrogens with zero attached hydrogens (tertiary/aromatic N) is 1. The fourth-order valence-electron chi connectivity index (χ4n) is 2.96. The molecule has 19 heavy (non-hydrogen) atoms. The summed E-state index contributed by atoms with van der Waals surface area (Å²) in [6, 6.07) is 5.98. The number of carbonyl (C=O) groups is 1. The maximum Gasteiger partial charge on any atom is 0.415 e. The van der Waals surface area contributed by atoms with Gasteiger partial charge in [-0.05, 0) is 43.7 Å². The first-order valence-electron chi connectivity index (χ1n) is 6.56. The monoisotopic (exact) mass is 262 g/mol. The van der Waals surface area contributed by atoms with Crippen LogP contribution in [-0.2, 0) is 11.2 Å². The smallest absolute Gasteiger partial charge is 0.415 e. The number of nitrogens with one attached hydrogen (secondary N) is 1. The van der Waals surface area contributed by atoms with Gasteiger partial charge in [-0.2, -0.15) is 0 Å². The van der Waals surface area contributed by atoms with Gasteiger partial charge in [0.05, 0.1) is 18.8 Å². The highest BCUT2D eigenvalue weighted by atomic mass is 16.6. The fourth-order valence-corrected chi connectivity index (χ4v) is 2.96. The Labute approximate surface area is 112 Å². The number of amides is 1. The van der Waals surface area contributed by atoms with E-state index in [2.05, 4.69) is 5.32 Å². The minimum atomic E-state index is -0.239. The van der Waals surface area contributed by atoms with Crippen molar-refractivity contribution in [2.24, 2.45) is 0 Å². The predicted octanol–water partition coefficient (Wildman–Crippen LogP) is 1.55. The number of cyclic esters (lactones) is 1. The van der Waals surface area contributed by atoms with E-state index in [9.17, 15) is 4.79 Å². The number of methoxy groups -OCH3 is 1. The molecule has 1 aromatic rings. The number of rotatable bonds is 3. The summed E-state index contributed by atoms with van der Waals surface area (Å²) in [6.45, 7) is 0.693. The molecule has 0 bridgehead atoms. The molecule has 0 saturated carbocycles. The molecule has 2 atom stereocenters. The SMILES string of the molecule is CNC[C@@H]1OC(=O)N2c3ccc(OC)cc3CC[C@@H]12. The topological polar surface area (TPSA) is 50.8 Å². The fraction of sp³-hybridized carbons (Fsp3) is 0.500. The number of hydrogen-bond donors (Lipinski definition) is 1. The molecular weight excluding hydrogens is 244 g/mol. The van der Waals surface area contributed by atoms with Crippen LogP contribution >= 0.6 is 0 Å². The first kappa shape index (κ1) is 12.3. The molecule has 1 N–H and O–H groups in total. The molecule has 2 heterocycles. The number of fused-ring (bicyclic) bond motifs is 3. The number of carbonyl (C=O) groups excluding carboxylic acids is 1. The van der Waals surface area contributed by atoms with Gasteiger partial charge in [-0.25, -0.2) is 4.79 Å². The zero-order chi connectivity index (χ0) is 13.4. The minimum Gasteiger partial charge on any atom is -0.497 e. The third-order valence-electron chi connectivity index (χ3n) is 3.87. The van der Waals surface area contributed by atoms with Crippen molar-refractivity contribution in [2.45, 2.75) is 25.0 Å². The summed E-state index contributed by atoms with van der Waals surface area (Å²) in [6.07, 6.45) is 1.58. The van der Waals surface area contributed by atoms with Crippen molar-refractivity contribution in [1.82, 2.24) is 5.32 Å². The largest absolute Gasteiger partial charge is 0.497 e. The lowest BCUT2D eigenvalue weighted by molar-refractivity contribution is 0.131. The molecule has 2 aliphatic heterocycles. The molecule has 1 saturated heterocycles. The summed E-state index contributed by atoms with van der Waals surface area (Å²) in [7, 11) is 3.53. The van der Waals surface area contributed by atoms with Crippen LogP contribution in [0.3, 0.4) is 0 Å². The number of anilines is 1. The van der Waals surface area contributed by atoms with Crippen LogP contribution in [0.5, 0.6) is 5.75 Å². The van der Waals surface area contributed by atoms with Gasteiger partial charge in [-0.3, -0.25) is 4.90 Å². The second-order valence-electron chi connectivity index (χ2n) is 4.95. The van der Waals surface area contributed by atoms with Crippen LogP contribution in [-0.4, -0.2) is 38.9 Å². The Morgan fingerprint density at radius 2 is 2.37 bits per heavy atom. The molecule has 0 radical (unpaired) electrons. The Morgan fingerprint density at radius 3 is 3.11 bits per heavy atom. The summed E-state index contributed by atoms with van der Waals surface area (Å²) in [5, 5.41) is 3.08. The van der Waals surface area contributed by atoms with Gasteiger partial charge in [0.1, 0.15) is 11.9 Å². The quantitative estimate of drug-likeness (QED) is 0.898. The molecule has 102 valence electrons.